The molecule has 0 atom stereocenters. The third-order valence-electron chi connectivity index (χ3n) is 4.99. The van der Waals surface area contributed by atoms with Crippen molar-refractivity contribution in [2.45, 2.75) is 83.5 Å². The Morgan fingerprint density at radius 3 is 1.90 bits per heavy atom. The molecule has 0 aliphatic rings. The number of rotatable bonds is 16. The van der Waals surface area contributed by atoms with Gasteiger partial charge in [-0.1, -0.05) is 52.4 Å². The molecule has 0 heterocycles. The van der Waals surface area contributed by atoms with Crippen LogP contribution in [0.2, 0.25) is 0 Å². The summed E-state index contributed by atoms with van der Waals surface area (Å²) in [5, 5.41) is 0. The minimum atomic E-state index is -3.36. The summed E-state index contributed by atoms with van der Waals surface area (Å²) in [6.07, 6.45) is 10.1. The van der Waals surface area contributed by atoms with Gasteiger partial charge < -0.3 is 9.64 Å². The maximum absolute atomic E-state index is 12.5. The zero-order valence-corrected chi connectivity index (χ0v) is 19.3. The molecule has 0 fully saturated rings. The molecule has 0 radical (unpaired) electrons. The molecule has 0 saturated carbocycles. The highest BCUT2D eigenvalue weighted by atomic mass is 32.2. The quantitative estimate of drug-likeness (QED) is 0.263. The largest absolute Gasteiger partial charge is 0.466 e. The lowest BCUT2D eigenvalue weighted by Crippen LogP contribution is -2.25. The van der Waals surface area contributed by atoms with Crippen LogP contribution in [0.3, 0.4) is 0 Å². The molecule has 0 bridgehead atoms. The zero-order chi connectivity index (χ0) is 21.5. The molecule has 0 saturated heterocycles. The maximum atomic E-state index is 12.5. The fourth-order valence-corrected chi connectivity index (χ4v) is 4.56. The topological polar surface area (TPSA) is 63.7 Å². The first-order valence-corrected chi connectivity index (χ1v) is 12.8. The smallest absolute Gasteiger partial charge is 0.302 e. The van der Waals surface area contributed by atoms with Gasteiger partial charge in [-0.25, -0.2) is 8.42 Å². The van der Waals surface area contributed by atoms with E-state index in [1.807, 2.05) is 12.1 Å². The molecule has 5 nitrogen and oxygen atoms in total. The van der Waals surface area contributed by atoms with Gasteiger partial charge in [0.1, 0.15) is 0 Å². The van der Waals surface area contributed by atoms with E-state index < -0.39 is 9.84 Å². The van der Waals surface area contributed by atoms with Crippen LogP contribution in [0.4, 0.5) is 5.69 Å². The SMILES string of the molecule is CCCCCCN(CCCCCC)c1ccc(S(=O)(=O)CCCOC(C)=O)cc1. The minimum absolute atomic E-state index is 0.0165. The summed E-state index contributed by atoms with van der Waals surface area (Å²) in [6, 6.07) is 7.28. The molecule has 1 rings (SSSR count). The van der Waals surface area contributed by atoms with Gasteiger partial charge in [0.2, 0.25) is 0 Å². The number of unbranched alkanes of at least 4 members (excludes halogenated alkanes) is 6. The second-order valence-electron chi connectivity index (χ2n) is 7.61. The monoisotopic (exact) mass is 425 g/mol. The van der Waals surface area contributed by atoms with Crippen LogP contribution in [0.25, 0.3) is 0 Å². The molecule has 0 unspecified atom stereocenters. The van der Waals surface area contributed by atoms with Crippen LogP contribution in [0.1, 0.15) is 78.6 Å². The highest BCUT2D eigenvalue weighted by Crippen LogP contribution is 2.21. The first kappa shape index (κ1) is 25.5. The normalized spacial score (nSPS) is 11.4. The van der Waals surface area contributed by atoms with Crippen molar-refractivity contribution < 1.29 is 17.9 Å². The van der Waals surface area contributed by atoms with Crippen LogP contribution in [-0.4, -0.2) is 39.8 Å². The standard InChI is InChI=1S/C23H39NO4S/c1-4-6-8-10-17-24(18-11-9-7-5-2)22-13-15-23(16-14-22)29(26,27)20-12-19-28-21(3)25/h13-16H,4-12,17-20H2,1-3H3. The van der Waals surface area contributed by atoms with Crippen molar-refractivity contribution in [1.82, 2.24) is 0 Å². The summed E-state index contributed by atoms with van der Waals surface area (Å²) in [6.45, 7) is 7.92. The van der Waals surface area contributed by atoms with Gasteiger partial charge in [-0.2, -0.15) is 0 Å². The molecule has 29 heavy (non-hydrogen) atoms. The number of carbonyl (C=O) groups excluding carboxylic acids is 1. The first-order chi connectivity index (χ1) is 13.9. The summed E-state index contributed by atoms with van der Waals surface area (Å²) in [5.74, 6) is -0.401. The van der Waals surface area contributed by atoms with Crippen molar-refractivity contribution in [3.8, 4) is 0 Å². The molecule has 1 aromatic carbocycles. The van der Waals surface area contributed by atoms with Crippen LogP contribution in [0.5, 0.6) is 0 Å². The van der Waals surface area contributed by atoms with Gasteiger partial charge in [0, 0.05) is 25.7 Å². The van der Waals surface area contributed by atoms with E-state index in [0.717, 1.165) is 31.6 Å². The third-order valence-corrected chi connectivity index (χ3v) is 6.80. The minimum Gasteiger partial charge on any atom is -0.466 e. The lowest BCUT2D eigenvalue weighted by atomic mass is 10.1. The summed E-state index contributed by atoms with van der Waals surface area (Å²) >= 11 is 0. The Morgan fingerprint density at radius 2 is 1.41 bits per heavy atom. The van der Waals surface area contributed by atoms with Gasteiger partial charge >= 0.3 is 5.97 Å². The van der Waals surface area contributed by atoms with Gasteiger partial charge in [-0.05, 0) is 43.5 Å². The number of anilines is 1. The Balaban J connectivity index is 2.70. The number of esters is 1. The Bertz CT molecular complexity index is 659. The molecule has 0 aliphatic carbocycles. The Labute approximate surface area is 177 Å². The van der Waals surface area contributed by atoms with Crippen molar-refractivity contribution in [2.75, 3.05) is 30.3 Å². The molecular formula is C23H39NO4S. The molecular weight excluding hydrogens is 386 g/mol. The van der Waals surface area contributed by atoms with E-state index in [-0.39, 0.29) is 18.3 Å². The number of benzene rings is 1. The van der Waals surface area contributed by atoms with Crippen molar-refractivity contribution in [3.63, 3.8) is 0 Å². The van der Waals surface area contributed by atoms with Crippen molar-refractivity contribution in [2.24, 2.45) is 0 Å². The number of carbonyl (C=O) groups is 1. The molecule has 0 spiro atoms. The molecule has 166 valence electrons. The number of sulfone groups is 1. The van der Waals surface area contributed by atoms with Crippen LogP contribution in [-0.2, 0) is 19.4 Å². The molecule has 0 aromatic heterocycles. The van der Waals surface area contributed by atoms with E-state index in [4.69, 9.17) is 4.74 Å². The first-order valence-electron chi connectivity index (χ1n) is 11.1. The highest BCUT2D eigenvalue weighted by Gasteiger charge is 2.15. The van der Waals surface area contributed by atoms with Crippen molar-refractivity contribution in [3.05, 3.63) is 24.3 Å². The average molecular weight is 426 g/mol. The lowest BCUT2D eigenvalue weighted by Gasteiger charge is -2.25. The van der Waals surface area contributed by atoms with E-state index in [1.165, 1.54) is 45.4 Å². The zero-order valence-electron chi connectivity index (χ0n) is 18.5. The van der Waals surface area contributed by atoms with Gasteiger partial charge in [0.15, 0.2) is 9.84 Å². The average Bonchev–Trinajstić information content (AvgIpc) is 2.70. The van der Waals surface area contributed by atoms with Crippen LogP contribution >= 0.6 is 0 Å². The molecule has 1 aromatic rings. The summed E-state index contributed by atoms with van der Waals surface area (Å²) in [4.78, 5) is 13.5. The summed E-state index contributed by atoms with van der Waals surface area (Å²) in [7, 11) is -3.36. The molecule has 6 heteroatoms. The van der Waals surface area contributed by atoms with E-state index in [0.29, 0.717) is 11.3 Å². The molecule has 0 N–H and O–H groups in total. The number of hydrogen-bond donors (Lipinski definition) is 0. The second-order valence-corrected chi connectivity index (χ2v) is 9.72. The predicted molar refractivity (Wildman–Crippen MR) is 120 cm³/mol. The van der Waals surface area contributed by atoms with Crippen molar-refractivity contribution in [1.29, 1.82) is 0 Å². The highest BCUT2D eigenvalue weighted by molar-refractivity contribution is 7.91. The molecule has 0 amide bonds. The van der Waals surface area contributed by atoms with E-state index in [2.05, 4.69) is 18.7 Å². The Kier molecular flexibility index (Phi) is 12.7. The van der Waals surface area contributed by atoms with Crippen LogP contribution in [0.15, 0.2) is 29.2 Å². The number of nitrogens with zero attached hydrogens (tertiary/aromatic N) is 1. The summed E-state index contributed by atoms with van der Waals surface area (Å²) in [5.41, 5.74) is 1.09. The second kappa shape index (κ2) is 14.4. The lowest BCUT2D eigenvalue weighted by molar-refractivity contribution is -0.140. The Hall–Kier alpha value is -1.56. The van der Waals surface area contributed by atoms with E-state index >= 15 is 0 Å². The fraction of sp³-hybridized carbons (Fsp3) is 0.696. The number of hydrogen-bond acceptors (Lipinski definition) is 5. The third kappa shape index (κ3) is 10.7. The van der Waals surface area contributed by atoms with E-state index in [9.17, 15) is 13.2 Å². The van der Waals surface area contributed by atoms with Gasteiger partial charge in [0.05, 0.1) is 17.3 Å². The van der Waals surface area contributed by atoms with Crippen LogP contribution in [0, 0.1) is 0 Å². The van der Waals surface area contributed by atoms with Gasteiger partial charge in [-0.3, -0.25) is 4.79 Å². The van der Waals surface area contributed by atoms with E-state index in [1.54, 1.807) is 12.1 Å². The van der Waals surface area contributed by atoms with Crippen molar-refractivity contribution >= 4 is 21.5 Å². The Morgan fingerprint density at radius 1 is 0.862 bits per heavy atom. The predicted octanol–water partition coefficient (Wildman–Crippen LogP) is 5.38. The fourth-order valence-electron chi connectivity index (χ4n) is 3.28. The maximum Gasteiger partial charge on any atom is 0.302 e. The number of ether oxygens (including phenoxy) is 1. The van der Waals surface area contributed by atoms with Gasteiger partial charge in [-0.15, -0.1) is 0 Å². The van der Waals surface area contributed by atoms with Gasteiger partial charge in [0.25, 0.3) is 0 Å². The van der Waals surface area contributed by atoms with Crippen LogP contribution < -0.4 is 4.90 Å². The summed E-state index contributed by atoms with van der Waals surface area (Å²) < 4.78 is 29.8. The molecule has 0 aliphatic heterocycles.